The smallest absolute Gasteiger partial charge is 0.335 e. The fraction of sp³-hybridized carbons (Fsp3) is 0.591. The third-order valence-corrected chi connectivity index (χ3v) is 4.87. The van der Waals surface area contributed by atoms with Crippen molar-refractivity contribution in [3.63, 3.8) is 0 Å². The lowest BCUT2D eigenvalue weighted by Crippen LogP contribution is -2.51. The van der Waals surface area contributed by atoms with E-state index in [1.54, 1.807) is 12.1 Å². The lowest BCUT2D eigenvalue weighted by atomic mass is 10.1. The highest BCUT2D eigenvalue weighted by Gasteiger charge is 2.23. The number of hydrogen-bond acceptors (Lipinski definition) is 5. The number of carboxylic acids is 1. The number of carbonyl (C=O) groups excluding carboxylic acids is 2. The molecule has 1 aromatic carbocycles. The first kappa shape index (κ1) is 23.7. The van der Waals surface area contributed by atoms with Gasteiger partial charge in [0.2, 0.25) is 11.8 Å². The highest BCUT2D eigenvalue weighted by Crippen LogP contribution is 2.29. The number of rotatable bonds is 8. The summed E-state index contributed by atoms with van der Waals surface area (Å²) in [7, 11) is 0. The highest BCUT2D eigenvalue weighted by molar-refractivity contribution is 5.97. The Balaban J connectivity index is 2.05. The van der Waals surface area contributed by atoms with Crippen LogP contribution in [0.5, 0.6) is 0 Å². The van der Waals surface area contributed by atoms with E-state index in [1.807, 2.05) is 27.7 Å². The summed E-state index contributed by atoms with van der Waals surface area (Å²) >= 11 is 0. The van der Waals surface area contributed by atoms with Crippen LogP contribution >= 0.6 is 0 Å². The van der Waals surface area contributed by atoms with Gasteiger partial charge in [-0.2, -0.15) is 0 Å². The molecule has 166 valence electrons. The number of unbranched alkanes of at least 4 members (excludes halogenated alkanes) is 1. The zero-order valence-electron chi connectivity index (χ0n) is 18.5. The minimum Gasteiger partial charge on any atom is -0.478 e. The van der Waals surface area contributed by atoms with Crippen LogP contribution < -0.4 is 15.5 Å². The summed E-state index contributed by atoms with van der Waals surface area (Å²) in [6.07, 6.45) is 2.11. The predicted molar refractivity (Wildman–Crippen MR) is 118 cm³/mol. The Labute approximate surface area is 178 Å². The fourth-order valence-corrected chi connectivity index (χ4v) is 3.40. The summed E-state index contributed by atoms with van der Waals surface area (Å²) in [6, 6.07) is 4.83. The largest absolute Gasteiger partial charge is 0.478 e. The summed E-state index contributed by atoms with van der Waals surface area (Å²) in [5, 5.41) is 15.2. The van der Waals surface area contributed by atoms with Crippen LogP contribution in [0.25, 0.3) is 0 Å². The zero-order valence-corrected chi connectivity index (χ0v) is 18.5. The van der Waals surface area contributed by atoms with Crippen LogP contribution in [0.1, 0.15) is 57.3 Å². The fourth-order valence-electron chi connectivity index (χ4n) is 3.40. The number of amides is 2. The number of hydrogen-bond donors (Lipinski definition) is 3. The van der Waals surface area contributed by atoms with Crippen molar-refractivity contribution in [1.29, 1.82) is 0 Å². The molecule has 8 heteroatoms. The van der Waals surface area contributed by atoms with Gasteiger partial charge < -0.3 is 20.6 Å². The van der Waals surface area contributed by atoms with Crippen LogP contribution in [-0.2, 0) is 9.59 Å². The first-order valence-corrected chi connectivity index (χ1v) is 10.5. The van der Waals surface area contributed by atoms with Gasteiger partial charge in [-0.15, -0.1) is 0 Å². The Morgan fingerprint density at radius 1 is 1.07 bits per heavy atom. The summed E-state index contributed by atoms with van der Waals surface area (Å²) in [5.41, 5.74) is 1.22. The minimum absolute atomic E-state index is 0.00522. The second-order valence-electron chi connectivity index (χ2n) is 8.75. The molecule has 0 aliphatic carbocycles. The van der Waals surface area contributed by atoms with E-state index in [0.29, 0.717) is 44.8 Å². The molecule has 2 amide bonds. The van der Waals surface area contributed by atoms with Gasteiger partial charge in [0.05, 0.1) is 23.5 Å². The standard InChI is InChI=1S/C22H34N4O4/c1-5-6-7-19(27)23-17-14-16(21(29)30)8-9-18(17)26-12-10-25(11-13-26)15-20(28)24-22(2,3)4/h8-9,14H,5-7,10-13,15H2,1-4H3,(H,23,27)(H,24,28)(H,29,30). The molecule has 0 atom stereocenters. The summed E-state index contributed by atoms with van der Waals surface area (Å²) in [5.74, 6) is -1.14. The first-order valence-electron chi connectivity index (χ1n) is 10.5. The van der Waals surface area contributed by atoms with E-state index in [1.165, 1.54) is 6.07 Å². The van der Waals surface area contributed by atoms with Crippen LogP contribution in [-0.4, -0.2) is 66.1 Å². The molecule has 0 unspecified atom stereocenters. The molecule has 2 rings (SSSR count). The number of nitrogens with one attached hydrogen (secondary N) is 2. The van der Waals surface area contributed by atoms with E-state index in [0.717, 1.165) is 18.5 Å². The maximum absolute atomic E-state index is 12.2. The Bertz CT molecular complexity index is 765. The van der Waals surface area contributed by atoms with Crippen molar-refractivity contribution in [1.82, 2.24) is 10.2 Å². The Morgan fingerprint density at radius 2 is 1.73 bits per heavy atom. The lowest BCUT2D eigenvalue weighted by molar-refractivity contribution is -0.123. The van der Waals surface area contributed by atoms with Crippen LogP contribution in [0.4, 0.5) is 11.4 Å². The van der Waals surface area contributed by atoms with Gasteiger partial charge in [0.15, 0.2) is 0 Å². The molecule has 1 saturated heterocycles. The van der Waals surface area contributed by atoms with Gasteiger partial charge in [0.25, 0.3) is 0 Å². The number of anilines is 2. The molecular weight excluding hydrogens is 384 g/mol. The maximum atomic E-state index is 12.2. The minimum atomic E-state index is -1.03. The molecule has 0 saturated carbocycles. The number of nitrogens with zero attached hydrogens (tertiary/aromatic N) is 2. The van der Waals surface area contributed by atoms with E-state index < -0.39 is 5.97 Å². The maximum Gasteiger partial charge on any atom is 0.335 e. The topological polar surface area (TPSA) is 102 Å². The quantitative estimate of drug-likeness (QED) is 0.600. The van der Waals surface area contributed by atoms with Crippen LogP contribution in [0.3, 0.4) is 0 Å². The van der Waals surface area contributed by atoms with Crippen molar-refractivity contribution in [2.75, 3.05) is 42.9 Å². The van der Waals surface area contributed by atoms with E-state index >= 15 is 0 Å². The van der Waals surface area contributed by atoms with Crippen LogP contribution in [0, 0.1) is 0 Å². The third-order valence-electron chi connectivity index (χ3n) is 4.87. The molecule has 0 aromatic heterocycles. The molecule has 1 fully saturated rings. The summed E-state index contributed by atoms with van der Waals surface area (Å²) in [6.45, 7) is 11.0. The average molecular weight is 419 g/mol. The van der Waals surface area contributed by atoms with Gasteiger partial charge in [-0.25, -0.2) is 4.79 Å². The molecule has 1 aliphatic rings. The molecule has 0 radical (unpaired) electrons. The van der Waals surface area contributed by atoms with Crippen molar-refractivity contribution < 1.29 is 19.5 Å². The molecule has 1 aliphatic heterocycles. The lowest BCUT2D eigenvalue weighted by Gasteiger charge is -2.37. The number of aromatic carboxylic acids is 1. The molecule has 0 bridgehead atoms. The van der Waals surface area contributed by atoms with Gasteiger partial charge in [-0.05, 0) is 45.4 Å². The Morgan fingerprint density at radius 3 is 2.30 bits per heavy atom. The Kier molecular flexibility index (Phi) is 8.23. The van der Waals surface area contributed by atoms with Crippen LogP contribution in [0.2, 0.25) is 0 Å². The zero-order chi connectivity index (χ0) is 22.3. The molecule has 1 heterocycles. The molecule has 8 nitrogen and oxygen atoms in total. The van der Waals surface area contributed by atoms with Gasteiger partial charge >= 0.3 is 5.97 Å². The summed E-state index contributed by atoms with van der Waals surface area (Å²) < 4.78 is 0. The predicted octanol–water partition coefficient (Wildman–Crippen LogP) is 2.55. The molecule has 30 heavy (non-hydrogen) atoms. The van der Waals surface area contributed by atoms with E-state index in [4.69, 9.17) is 0 Å². The Hall–Kier alpha value is -2.61. The number of piperazine rings is 1. The molecule has 1 aromatic rings. The molecular formula is C22H34N4O4. The van der Waals surface area contributed by atoms with Crippen molar-refractivity contribution in [3.05, 3.63) is 23.8 Å². The first-order chi connectivity index (χ1) is 14.1. The van der Waals surface area contributed by atoms with E-state index in [9.17, 15) is 19.5 Å². The monoisotopic (exact) mass is 418 g/mol. The number of benzene rings is 1. The van der Waals surface area contributed by atoms with Crippen molar-refractivity contribution in [2.45, 2.75) is 52.5 Å². The van der Waals surface area contributed by atoms with Crippen molar-refractivity contribution in [3.8, 4) is 0 Å². The van der Waals surface area contributed by atoms with Gasteiger partial charge in [0.1, 0.15) is 0 Å². The normalized spacial score (nSPS) is 15.0. The van der Waals surface area contributed by atoms with E-state index in [2.05, 4.69) is 20.4 Å². The van der Waals surface area contributed by atoms with Crippen molar-refractivity contribution >= 4 is 29.2 Å². The second kappa shape index (κ2) is 10.4. The second-order valence-corrected chi connectivity index (χ2v) is 8.75. The molecule has 0 spiro atoms. The third kappa shape index (κ3) is 7.33. The molecule has 3 N–H and O–H groups in total. The van der Waals surface area contributed by atoms with Gasteiger partial charge in [-0.3, -0.25) is 14.5 Å². The van der Waals surface area contributed by atoms with E-state index in [-0.39, 0.29) is 22.9 Å². The SMILES string of the molecule is CCCCC(=O)Nc1cc(C(=O)O)ccc1N1CCN(CC(=O)NC(C)(C)C)CC1. The summed E-state index contributed by atoms with van der Waals surface area (Å²) in [4.78, 5) is 40.0. The van der Waals surface area contributed by atoms with Crippen LogP contribution in [0.15, 0.2) is 18.2 Å². The van der Waals surface area contributed by atoms with Gasteiger partial charge in [-0.1, -0.05) is 13.3 Å². The van der Waals surface area contributed by atoms with Crippen molar-refractivity contribution in [2.24, 2.45) is 0 Å². The van der Waals surface area contributed by atoms with Gasteiger partial charge in [0, 0.05) is 38.1 Å². The average Bonchev–Trinajstić information content (AvgIpc) is 2.65. The number of carboxylic acid groups (broad SMARTS) is 1. The highest BCUT2D eigenvalue weighted by atomic mass is 16.4. The number of carbonyl (C=O) groups is 3.